The van der Waals surface area contributed by atoms with Crippen LogP contribution in [0.25, 0.3) is 10.9 Å². The smallest absolute Gasteiger partial charge is 0.0723 e. The molecule has 0 radical (unpaired) electrons. The molecule has 110 valence electrons. The summed E-state index contributed by atoms with van der Waals surface area (Å²) in [6.45, 7) is 0. The summed E-state index contributed by atoms with van der Waals surface area (Å²) in [5, 5.41) is 1.11. The van der Waals surface area contributed by atoms with E-state index in [1.165, 1.54) is 0 Å². The number of rotatable bonds is 3. The fourth-order valence-electron chi connectivity index (χ4n) is 2.77. The lowest BCUT2D eigenvalue weighted by Crippen LogP contribution is -2.10. The molecule has 4 rings (SSSR count). The van der Waals surface area contributed by atoms with Gasteiger partial charge in [0.15, 0.2) is 0 Å². The SMILES string of the molecule is c1ccc(N(c2cccnc2)c2cccc3ncccc23)cc1. The van der Waals surface area contributed by atoms with Crippen LogP contribution in [0, 0.1) is 0 Å². The standard InChI is InChI=1S/C20H15N3/c1-2-7-16(8-3-1)23(17-9-5-13-21-15-17)20-12-4-11-19-18(20)10-6-14-22-19/h1-15H. The third kappa shape index (κ3) is 2.53. The average Bonchev–Trinajstić information content (AvgIpc) is 2.64. The van der Waals surface area contributed by atoms with E-state index in [-0.39, 0.29) is 0 Å². The van der Waals surface area contributed by atoms with E-state index in [1.54, 1.807) is 6.20 Å². The third-order valence-electron chi connectivity index (χ3n) is 3.78. The summed E-state index contributed by atoms with van der Waals surface area (Å²) in [5.74, 6) is 0. The van der Waals surface area contributed by atoms with Crippen molar-refractivity contribution in [1.29, 1.82) is 0 Å². The minimum atomic E-state index is 0.981. The molecule has 0 saturated carbocycles. The maximum atomic E-state index is 4.47. The van der Waals surface area contributed by atoms with E-state index in [1.807, 2.05) is 54.9 Å². The molecule has 2 aromatic carbocycles. The highest BCUT2D eigenvalue weighted by Crippen LogP contribution is 2.37. The van der Waals surface area contributed by atoms with Crippen molar-refractivity contribution in [2.75, 3.05) is 4.90 Å². The number of nitrogens with zero attached hydrogens (tertiary/aromatic N) is 3. The van der Waals surface area contributed by atoms with Crippen molar-refractivity contribution >= 4 is 28.0 Å². The lowest BCUT2D eigenvalue weighted by Gasteiger charge is -2.26. The lowest BCUT2D eigenvalue weighted by atomic mass is 10.1. The first-order chi connectivity index (χ1) is 11.4. The predicted octanol–water partition coefficient (Wildman–Crippen LogP) is 5.10. The van der Waals surface area contributed by atoms with E-state index in [9.17, 15) is 0 Å². The van der Waals surface area contributed by atoms with E-state index in [2.05, 4.69) is 45.2 Å². The lowest BCUT2D eigenvalue weighted by molar-refractivity contribution is 1.23. The van der Waals surface area contributed by atoms with Crippen molar-refractivity contribution < 1.29 is 0 Å². The van der Waals surface area contributed by atoms with Gasteiger partial charge in [-0.1, -0.05) is 24.3 Å². The molecule has 2 aromatic heterocycles. The Bertz CT molecular complexity index is 876. The Morgan fingerprint density at radius 1 is 0.652 bits per heavy atom. The molecule has 0 aliphatic heterocycles. The molecule has 3 nitrogen and oxygen atoms in total. The van der Waals surface area contributed by atoms with E-state index >= 15 is 0 Å². The highest BCUT2D eigenvalue weighted by molar-refractivity contribution is 5.96. The summed E-state index contributed by atoms with van der Waals surface area (Å²) in [6, 6.07) is 24.6. The van der Waals surface area contributed by atoms with Crippen LogP contribution in [0.1, 0.15) is 0 Å². The number of anilines is 3. The molecule has 0 atom stereocenters. The number of pyridine rings is 2. The molecule has 0 fully saturated rings. The summed E-state index contributed by atoms with van der Waals surface area (Å²) in [6.07, 6.45) is 5.49. The third-order valence-corrected chi connectivity index (χ3v) is 3.78. The van der Waals surface area contributed by atoms with Crippen molar-refractivity contribution in [1.82, 2.24) is 9.97 Å². The minimum Gasteiger partial charge on any atom is -0.308 e. The average molecular weight is 297 g/mol. The number of benzene rings is 2. The summed E-state index contributed by atoms with van der Waals surface area (Å²) in [5.41, 5.74) is 4.19. The zero-order valence-electron chi connectivity index (χ0n) is 12.5. The van der Waals surface area contributed by atoms with Gasteiger partial charge in [0.2, 0.25) is 0 Å². The van der Waals surface area contributed by atoms with E-state index in [0.29, 0.717) is 0 Å². The fraction of sp³-hybridized carbons (Fsp3) is 0. The first-order valence-corrected chi connectivity index (χ1v) is 7.52. The molecular formula is C20H15N3. The molecule has 0 unspecified atom stereocenters. The quantitative estimate of drug-likeness (QED) is 0.527. The first-order valence-electron chi connectivity index (χ1n) is 7.52. The van der Waals surface area contributed by atoms with Crippen LogP contribution in [-0.2, 0) is 0 Å². The van der Waals surface area contributed by atoms with Crippen LogP contribution in [0.5, 0.6) is 0 Å². The van der Waals surface area contributed by atoms with Crippen LogP contribution in [0.15, 0.2) is 91.4 Å². The Labute approximate surface area is 134 Å². The van der Waals surface area contributed by atoms with Crippen LogP contribution in [-0.4, -0.2) is 9.97 Å². The second kappa shape index (κ2) is 5.89. The predicted molar refractivity (Wildman–Crippen MR) is 94.2 cm³/mol. The van der Waals surface area contributed by atoms with Crippen LogP contribution in [0.2, 0.25) is 0 Å². The molecule has 0 spiro atoms. The van der Waals surface area contributed by atoms with Gasteiger partial charge in [0, 0.05) is 23.5 Å². The molecular weight excluding hydrogens is 282 g/mol. The Morgan fingerprint density at radius 2 is 1.48 bits per heavy atom. The molecule has 4 aromatic rings. The van der Waals surface area contributed by atoms with Gasteiger partial charge < -0.3 is 4.90 Å². The normalized spacial score (nSPS) is 10.6. The summed E-state index contributed by atoms with van der Waals surface area (Å²) in [4.78, 5) is 11.0. The molecule has 0 aliphatic carbocycles. The number of aromatic nitrogens is 2. The minimum absolute atomic E-state index is 0.981. The monoisotopic (exact) mass is 297 g/mol. The van der Waals surface area contributed by atoms with Crippen LogP contribution in [0.3, 0.4) is 0 Å². The molecule has 0 bridgehead atoms. The van der Waals surface area contributed by atoms with E-state index < -0.39 is 0 Å². The van der Waals surface area contributed by atoms with Crippen molar-refractivity contribution in [3.05, 3.63) is 91.4 Å². The molecule has 3 heteroatoms. The van der Waals surface area contributed by atoms with Crippen molar-refractivity contribution in [2.24, 2.45) is 0 Å². The van der Waals surface area contributed by atoms with Gasteiger partial charge in [0.25, 0.3) is 0 Å². The Hall–Kier alpha value is -3.20. The summed E-state index contributed by atoms with van der Waals surface area (Å²) >= 11 is 0. The highest BCUT2D eigenvalue weighted by atomic mass is 15.1. The van der Waals surface area contributed by atoms with Gasteiger partial charge in [-0.25, -0.2) is 0 Å². The van der Waals surface area contributed by atoms with Gasteiger partial charge in [0.05, 0.1) is 23.1 Å². The molecule has 0 N–H and O–H groups in total. The van der Waals surface area contributed by atoms with Crippen LogP contribution in [0.4, 0.5) is 17.1 Å². The molecule has 0 aliphatic rings. The van der Waals surface area contributed by atoms with Crippen LogP contribution < -0.4 is 4.90 Å². The van der Waals surface area contributed by atoms with Crippen molar-refractivity contribution in [3.8, 4) is 0 Å². The number of hydrogen-bond donors (Lipinski definition) is 0. The molecule has 2 heterocycles. The van der Waals surface area contributed by atoms with Crippen LogP contribution >= 0.6 is 0 Å². The van der Waals surface area contributed by atoms with E-state index in [4.69, 9.17) is 0 Å². The second-order valence-corrected chi connectivity index (χ2v) is 5.23. The molecule has 0 amide bonds. The van der Waals surface area contributed by atoms with Gasteiger partial charge in [-0.15, -0.1) is 0 Å². The number of hydrogen-bond acceptors (Lipinski definition) is 3. The Kier molecular flexibility index (Phi) is 3.45. The van der Waals surface area contributed by atoms with Crippen molar-refractivity contribution in [2.45, 2.75) is 0 Å². The number of para-hydroxylation sites is 1. The second-order valence-electron chi connectivity index (χ2n) is 5.23. The topological polar surface area (TPSA) is 29.0 Å². The van der Waals surface area contributed by atoms with Gasteiger partial charge in [-0.2, -0.15) is 0 Å². The fourth-order valence-corrected chi connectivity index (χ4v) is 2.77. The van der Waals surface area contributed by atoms with Gasteiger partial charge in [-0.05, 0) is 48.5 Å². The molecule has 23 heavy (non-hydrogen) atoms. The summed E-state index contributed by atoms with van der Waals surface area (Å²) in [7, 11) is 0. The highest BCUT2D eigenvalue weighted by Gasteiger charge is 2.14. The van der Waals surface area contributed by atoms with Gasteiger partial charge in [0.1, 0.15) is 0 Å². The van der Waals surface area contributed by atoms with E-state index in [0.717, 1.165) is 28.0 Å². The maximum absolute atomic E-state index is 4.47. The number of fused-ring (bicyclic) bond motifs is 1. The molecule has 0 saturated heterocycles. The first kappa shape index (κ1) is 13.5. The van der Waals surface area contributed by atoms with Gasteiger partial charge >= 0.3 is 0 Å². The zero-order chi connectivity index (χ0) is 15.5. The van der Waals surface area contributed by atoms with Crippen molar-refractivity contribution in [3.63, 3.8) is 0 Å². The maximum Gasteiger partial charge on any atom is 0.0723 e. The Morgan fingerprint density at radius 3 is 2.30 bits per heavy atom. The zero-order valence-corrected chi connectivity index (χ0v) is 12.5. The summed E-state index contributed by atoms with van der Waals surface area (Å²) < 4.78 is 0. The largest absolute Gasteiger partial charge is 0.308 e. The van der Waals surface area contributed by atoms with Gasteiger partial charge in [-0.3, -0.25) is 9.97 Å². The Balaban J connectivity index is 1.98.